The number of aliphatic hydroxyl groups is 1. The first-order valence-corrected chi connectivity index (χ1v) is 9.82. The van der Waals surface area contributed by atoms with Crippen LogP contribution in [0, 0.1) is 0 Å². The Labute approximate surface area is 161 Å². The fourth-order valence-electron chi connectivity index (χ4n) is 3.00. The molecule has 0 radical (unpaired) electrons. The summed E-state index contributed by atoms with van der Waals surface area (Å²) < 4.78 is 5.99. The minimum Gasteiger partial charge on any atom is -0.493 e. The van der Waals surface area contributed by atoms with E-state index in [-0.39, 0.29) is 6.42 Å². The van der Waals surface area contributed by atoms with Crippen LogP contribution in [-0.4, -0.2) is 22.8 Å². The van der Waals surface area contributed by atoms with Crippen molar-refractivity contribution < 1.29 is 19.7 Å². The van der Waals surface area contributed by atoms with Gasteiger partial charge >= 0.3 is 5.97 Å². The number of aliphatic hydroxyl groups excluding tert-OH is 1. The van der Waals surface area contributed by atoms with E-state index in [1.165, 1.54) is 0 Å². The number of fused-ring (bicyclic) bond motifs is 1. The molecule has 0 fully saturated rings. The zero-order chi connectivity index (χ0) is 19.5. The van der Waals surface area contributed by atoms with Crippen molar-refractivity contribution in [3.63, 3.8) is 0 Å². The SMILES string of the molecule is CCCCCOc1cc2ccccc2cc1C(O)C/C=C/CCCC(=O)O. The summed E-state index contributed by atoms with van der Waals surface area (Å²) in [4.78, 5) is 10.5. The second-order valence-corrected chi connectivity index (χ2v) is 6.80. The molecule has 0 saturated carbocycles. The largest absolute Gasteiger partial charge is 0.493 e. The maximum absolute atomic E-state index is 10.7. The number of benzene rings is 2. The number of carboxylic acid groups (broad SMARTS) is 1. The Morgan fingerprint density at radius 1 is 1.11 bits per heavy atom. The molecule has 0 aliphatic carbocycles. The Balaban J connectivity index is 2.06. The van der Waals surface area contributed by atoms with Gasteiger partial charge in [0.05, 0.1) is 12.7 Å². The monoisotopic (exact) mass is 370 g/mol. The number of ether oxygens (including phenoxy) is 1. The average molecular weight is 370 g/mol. The number of carboxylic acids is 1. The van der Waals surface area contributed by atoms with Crippen molar-refractivity contribution in [2.45, 2.75) is 58.0 Å². The van der Waals surface area contributed by atoms with Gasteiger partial charge in [-0.2, -0.15) is 0 Å². The van der Waals surface area contributed by atoms with Crippen molar-refractivity contribution in [2.24, 2.45) is 0 Å². The van der Waals surface area contributed by atoms with E-state index in [1.807, 2.05) is 48.6 Å². The molecule has 0 aromatic heterocycles. The number of hydrogen-bond acceptors (Lipinski definition) is 3. The Morgan fingerprint density at radius 2 is 1.85 bits per heavy atom. The van der Waals surface area contributed by atoms with Crippen LogP contribution in [0.5, 0.6) is 5.75 Å². The molecule has 0 bridgehead atoms. The molecule has 2 N–H and O–H groups in total. The predicted octanol–water partition coefficient (Wildman–Crippen LogP) is 5.64. The van der Waals surface area contributed by atoms with Gasteiger partial charge < -0.3 is 14.9 Å². The third-order valence-electron chi connectivity index (χ3n) is 4.53. The van der Waals surface area contributed by atoms with Crippen LogP contribution in [0.3, 0.4) is 0 Å². The molecule has 2 aromatic rings. The number of allylic oxidation sites excluding steroid dienone is 1. The molecule has 2 rings (SSSR count). The smallest absolute Gasteiger partial charge is 0.303 e. The lowest BCUT2D eigenvalue weighted by Gasteiger charge is -2.17. The fraction of sp³-hybridized carbons (Fsp3) is 0.435. The Kier molecular flexibility index (Phi) is 8.85. The van der Waals surface area contributed by atoms with Gasteiger partial charge in [-0.25, -0.2) is 0 Å². The summed E-state index contributed by atoms with van der Waals surface area (Å²) in [5.74, 6) is -0.0268. The molecule has 27 heavy (non-hydrogen) atoms. The van der Waals surface area contributed by atoms with Gasteiger partial charge in [0.15, 0.2) is 0 Å². The highest BCUT2D eigenvalue weighted by Gasteiger charge is 2.14. The van der Waals surface area contributed by atoms with Gasteiger partial charge in [-0.1, -0.05) is 56.2 Å². The van der Waals surface area contributed by atoms with E-state index >= 15 is 0 Å². The molecule has 146 valence electrons. The number of carbonyl (C=O) groups is 1. The van der Waals surface area contributed by atoms with E-state index in [0.717, 1.165) is 41.3 Å². The average Bonchev–Trinajstić information content (AvgIpc) is 2.67. The van der Waals surface area contributed by atoms with Crippen LogP contribution in [0.15, 0.2) is 48.6 Å². The Bertz CT molecular complexity index is 751. The second kappa shape index (κ2) is 11.4. The standard InChI is InChI=1S/C23H30O4/c1-2-3-10-15-27-22-17-19-12-9-8-11-18(19)16-20(22)21(24)13-6-4-5-7-14-23(25)26/h4,6,8-9,11-12,16-17,21,24H,2-3,5,7,10,13-15H2,1H3,(H,25,26)/b6-4+. The first kappa shape index (κ1) is 21.0. The second-order valence-electron chi connectivity index (χ2n) is 6.80. The number of rotatable bonds is 12. The third-order valence-corrected chi connectivity index (χ3v) is 4.53. The molecule has 0 amide bonds. The fourth-order valence-corrected chi connectivity index (χ4v) is 3.00. The van der Waals surface area contributed by atoms with Crippen LogP contribution in [-0.2, 0) is 4.79 Å². The Hall–Kier alpha value is -2.33. The molecule has 1 atom stereocenters. The number of unbranched alkanes of at least 4 members (excludes halogenated alkanes) is 3. The molecule has 2 aromatic carbocycles. The molecule has 0 aliphatic heterocycles. The highest BCUT2D eigenvalue weighted by Crippen LogP contribution is 2.32. The molecule has 4 heteroatoms. The molecule has 1 unspecified atom stereocenters. The zero-order valence-corrected chi connectivity index (χ0v) is 16.1. The van der Waals surface area contributed by atoms with E-state index in [1.54, 1.807) is 0 Å². The summed E-state index contributed by atoms with van der Waals surface area (Å²) in [6.07, 6.45) is 8.46. The lowest BCUT2D eigenvalue weighted by atomic mass is 10.00. The maximum Gasteiger partial charge on any atom is 0.303 e. The van der Waals surface area contributed by atoms with Crippen molar-refractivity contribution in [3.8, 4) is 5.75 Å². The minimum atomic E-state index is -0.774. The van der Waals surface area contributed by atoms with Crippen molar-refractivity contribution in [1.29, 1.82) is 0 Å². The van der Waals surface area contributed by atoms with E-state index < -0.39 is 12.1 Å². The molecular weight excluding hydrogens is 340 g/mol. The van der Waals surface area contributed by atoms with Gasteiger partial charge in [-0.3, -0.25) is 4.79 Å². The van der Waals surface area contributed by atoms with Gasteiger partial charge in [0.1, 0.15) is 5.75 Å². The summed E-state index contributed by atoms with van der Waals surface area (Å²) in [6.45, 7) is 2.81. The summed E-state index contributed by atoms with van der Waals surface area (Å²) in [5, 5.41) is 21.5. The minimum absolute atomic E-state index is 0.174. The van der Waals surface area contributed by atoms with Crippen LogP contribution in [0.2, 0.25) is 0 Å². The van der Waals surface area contributed by atoms with E-state index in [2.05, 4.69) is 6.92 Å². The topological polar surface area (TPSA) is 66.8 Å². The van der Waals surface area contributed by atoms with Crippen LogP contribution >= 0.6 is 0 Å². The van der Waals surface area contributed by atoms with Crippen molar-refractivity contribution >= 4 is 16.7 Å². The van der Waals surface area contributed by atoms with Gasteiger partial charge in [0.25, 0.3) is 0 Å². The normalized spacial score (nSPS) is 12.5. The third kappa shape index (κ3) is 7.06. The van der Waals surface area contributed by atoms with Gasteiger partial charge in [-0.05, 0) is 48.6 Å². The van der Waals surface area contributed by atoms with Crippen LogP contribution < -0.4 is 4.74 Å². The summed E-state index contributed by atoms with van der Waals surface area (Å²) >= 11 is 0. The van der Waals surface area contributed by atoms with Crippen molar-refractivity contribution in [3.05, 3.63) is 54.1 Å². The van der Waals surface area contributed by atoms with Crippen LogP contribution in [0.25, 0.3) is 10.8 Å². The quantitative estimate of drug-likeness (QED) is 0.374. The summed E-state index contributed by atoms with van der Waals surface area (Å²) in [6, 6.07) is 12.1. The lowest BCUT2D eigenvalue weighted by molar-refractivity contribution is -0.137. The van der Waals surface area contributed by atoms with E-state index in [0.29, 0.717) is 25.9 Å². The number of aliphatic carboxylic acids is 1. The van der Waals surface area contributed by atoms with Crippen LogP contribution in [0.1, 0.15) is 63.5 Å². The van der Waals surface area contributed by atoms with Crippen molar-refractivity contribution in [2.75, 3.05) is 6.61 Å². The molecule has 0 heterocycles. The van der Waals surface area contributed by atoms with Crippen LogP contribution in [0.4, 0.5) is 0 Å². The first-order chi connectivity index (χ1) is 13.1. The Morgan fingerprint density at radius 3 is 2.56 bits per heavy atom. The molecule has 0 spiro atoms. The molecule has 4 nitrogen and oxygen atoms in total. The van der Waals surface area contributed by atoms with Gasteiger partial charge in [0, 0.05) is 12.0 Å². The summed E-state index contributed by atoms with van der Waals surface area (Å²) in [7, 11) is 0. The number of hydrogen-bond donors (Lipinski definition) is 2. The maximum atomic E-state index is 10.7. The van der Waals surface area contributed by atoms with Gasteiger partial charge in [-0.15, -0.1) is 0 Å². The molecule has 0 saturated heterocycles. The van der Waals surface area contributed by atoms with E-state index in [9.17, 15) is 9.90 Å². The van der Waals surface area contributed by atoms with Gasteiger partial charge in [0.2, 0.25) is 0 Å². The van der Waals surface area contributed by atoms with Crippen molar-refractivity contribution in [1.82, 2.24) is 0 Å². The van der Waals surface area contributed by atoms with E-state index in [4.69, 9.17) is 9.84 Å². The summed E-state index contributed by atoms with van der Waals surface area (Å²) in [5.41, 5.74) is 0.806. The highest BCUT2D eigenvalue weighted by atomic mass is 16.5. The lowest BCUT2D eigenvalue weighted by Crippen LogP contribution is -2.04. The highest BCUT2D eigenvalue weighted by molar-refractivity contribution is 5.85. The zero-order valence-electron chi connectivity index (χ0n) is 16.1. The molecule has 0 aliphatic rings. The first-order valence-electron chi connectivity index (χ1n) is 9.82. The molecular formula is C23H30O4. The predicted molar refractivity (Wildman–Crippen MR) is 109 cm³/mol.